The number of aryl methyl sites for hydroxylation is 2. The Labute approximate surface area is 151 Å². The number of carbonyl (C=O) groups excluding carboxylic acids is 1. The minimum absolute atomic E-state index is 0.138. The Bertz CT molecular complexity index is 966. The number of ether oxygens (including phenoxy) is 1. The third-order valence-corrected chi connectivity index (χ3v) is 5.01. The summed E-state index contributed by atoms with van der Waals surface area (Å²) in [7, 11) is 0. The summed E-state index contributed by atoms with van der Waals surface area (Å²) in [5, 5.41) is 8.07. The van der Waals surface area contributed by atoms with Crippen molar-refractivity contribution in [3.05, 3.63) is 47.0 Å². The molecule has 0 aliphatic heterocycles. The largest absolute Gasteiger partial charge is 0.487 e. The van der Waals surface area contributed by atoms with E-state index in [9.17, 15) is 4.79 Å². The summed E-state index contributed by atoms with van der Waals surface area (Å²) in [6.45, 7) is 6.77. The van der Waals surface area contributed by atoms with Gasteiger partial charge in [-0.2, -0.15) is 0 Å². The summed E-state index contributed by atoms with van der Waals surface area (Å²) in [4.78, 5) is 15.5. The molecule has 0 bridgehead atoms. The Kier molecular flexibility index (Phi) is 3.98. The smallest absolute Gasteiger partial charge is 0.226 e. The molecule has 2 N–H and O–H groups in total. The molecule has 2 aromatic heterocycles. The molecule has 0 radical (unpaired) electrons. The van der Waals surface area contributed by atoms with Gasteiger partial charge in [-0.05, 0) is 44.4 Å². The van der Waals surface area contributed by atoms with Gasteiger partial charge in [-0.25, -0.2) is 0 Å². The highest BCUT2D eigenvalue weighted by molar-refractivity contribution is 5.85. The standard InChI is InChI=1S/C20H23N3O3/c1-12-6-14-8-15(10-21-19(24)20(3)4-5-20)22-17(14)9-18(12)25-11-16-7-13(2)26-23-16/h6-9,22H,4-5,10-11H2,1-3H3,(H,21,24). The monoisotopic (exact) mass is 353 g/mol. The van der Waals surface area contributed by atoms with Gasteiger partial charge >= 0.3 is 0 Å². The van der Waals surface area contributed by atoms with Gasteiger partial charge in [0.05, 0.1) is 6.54 Å². The first-order valence-electron chi connectivity index (χ1n) is 8.88. The number of nitrogens with one attached hydrogen (secondary N) is 2. The molecule has 3 aromatic rings. The van der Waals surface area contributed by atoms with Crippen molar-refractivity contribution in [1.82, 2.24) is 15.5 Å². The van der Waals surface area contributed by atoms with Gasteiger partial charge in [0, 0.05) is 34.1 Å². The first kappa shape index (κ1) is 16.7. The lowest BCUT2D eigenvalue weighted by Crippen LogP contribution is -2.29. The van der Waals surface area contributed by atoms with Gasteiger partial charge in [0.15, 0.2) is 0 Å². The van der Waals surface area contributed by atoms with Crippen molar-refractivity contribution in [2.45, 2.75) is 46.8 Å². The third-order valence-electron chi connectivity index (χ3n) is 5.01. The molecule has 1 aliphatic rings. The predicted molar refractivity (Wildman–Crippen MR) is 97.8 cm³/mol. The normalized spacial score (nSPS) is 15.2. The first-order chi connectivity index (χ1) is 12.4. The number of amides is 1. The van der Waals surface area contributed by atoms with Crippen LogP contribution in [-0.4, -0.2) is 16.0 Å². The van der Waals surface area contributed by atoms with Crippen LogP contribution in [0.15, 0.2) is 28.8 Å². The number of hydrogen-bond acceptors (Lipinski definition) is 4. The average Bonchev–Trinajstić information content (AvgIpc) is 3.04. The van der Waals surface area contributed by atoms with Crippen LogP contribution in [0, 0.1) is 19.3 Å². The van der Waals surface area contributed by atoms with Crippen LogP contribution in [0.2, 0.25) is 0 Å². The van der Waals surface area contributed by atoms with Gasteiger partial charge in [-0.3, -0.25) is 4.79 Å². The zero-order chi connectivity index (χ0) is 18.3. The number of nitrogens with zero attached hydrogens (tertiary/aromatic N) is 1. The Balaban J connectivity index is 1.46. The maximum atomic E-state index is 12.1. The quantitative estimate of drug-likeness (QED) is 0.707. The van der Waals surface area contributed by atoms with Crippen LogP contribution in [-0.2, 0) is 17.9 Å². The zero-order valence-electron chi connectivity index (χ0n) is 15.3. The van der Waals surface area contributed by atoms with E-state index in [4.69, 9.17) is 9.26 Å². The van der Waals surface area contributed by atoms with Gasteiger partial charge < -0.3 is 19.6 Å². The van der Waals surface area contributed by atoms with Crippen LogP contribution >= 0.6 is 0 Å². The molecule has 4 rings (SSSR count). The number of aromatic nitrogens is 2. The fourth-order valence-corrected chi connectivity index (χ4v) is 3.03. The third kappa shape index (κ3) is 3.31. The number of hydrogen-bond donors (Lipinski definition) is 2. The molecular formula is C20H23N3O3. The Morgan fingerprint density at radius 1 is 1.31 bits per heavy atom. The van der Waals surface area contributed by atoms with Gasteiger partial charge in [0.2, 0.25) is 5.91 Å². The maximum Gasteiger partial charge on any atom is 0.226 e. The lowest BCUT2D eigenvalue weighted by atomic mass is 10.1. The molecule has 136 valence electrons. The van der Waals surface area contributed by atoms with E-state index in [1.807, 2.05) is 32.9 Å². The molecule has 0 unspecified atom stereocenters. The minimum atomic E-state index is -0.150. The zero-order valence-corrected chi connectivity index (χ0v) is 15.3. The topological polar surface area (TPSA) is 80.1 Å². The van der Waals surface area contributed by atoms with Crippen LogP contribution in [0.25, 0.3) is 10.9 Å². The molecule has 1 aliphatic carbocycles. The molecule has 0 atom stereocenters. The van der Waals surface area contributed by atoms with E-state index in [1.165, 1.54) is 0 Å². The number of benzene rings is 1. The van der Waals surface area contributed by atoms with Crippen molar-refractivity contribution in [2.75, 3.05) is 0 Å². The summed E-state index contributed by atoms with van der Waals surface area (Å²) in [5.74, 6) is 1.72. The molecule has 0 spiro atoms. The van der Waals surface area contributed by atoms with Crippen molar-refractivity contribution in [3.8, 4) is 5.75 Å². The maximum absolute atomic E-state index is 12.1. The second-order valence-electron chi connectivity index (χ2n) is 7.46. The summed E-state index contributed by atoms with van der Waals surface area (Å²) in [5.41, 5.74) is 3.65. The van der Waals surface area contributed by atoms with Crippen molar-refractivity contribution in [1.29, 1.82) is 0 Å². The Morgan fingerprint density at radius 3 is 2.81 bits per heavy atom. The van der Waals surface area contributed by atoms with Gasteiger partial charge in [-0.15, -0.1) is 0 Å². The Hall–Kier alpha value is -2.76. The number of rotatable bonds is 6. The average molecular weight is 353 g/mol. The summed E-state index contributed by atoms with van der Waals surface area (Å²) in [6.07, 6.45) is 1.97. The summed E-state index contributed by atoms with van der Waals surface area (Å²) in [6, 6.07) is 8.01. The highest BCUT2D eigenvalue weighted by Crippen LogP contribution is 2.45. The molecule has 2 heterocycles. The highest BCUT2D eigenvalue weighted by Gasteiger charge is 2.44. The van der Waals surface area contributed by atoms with Gasteiger partial charge in [0.25, 0.3) is 0 Å². The van der Waals surface area contributed by atoms with E-state index in [2.05, 4.69) is 27.6 Å². The summed E-state index contributed by atoms with van der Waals surface area (Å²) < 4.78 is 11.0. The van der Waals surface area contributed by atoms with Gasteiger partial charge in [-0.1, -0.05) is 12.1 Å². The number of fused-ring (bicyclic) bond motifs is 1. The SMILES string of the molecule is Cc1cc(COc2cc3[nH]c(CNC(=O)C4(C)CC4)cc3cc2C)no1. The second-order valence-corrected chi connectivity index (χ2v) is 7.46. The minimum Gasteiger partial charge on any atom is -0.487 e. The van der Waals surface area contributed by atoms with Crippen LogP contribution in [0.5, 0.6) is 5.75 Å². The number of aromatic amines is 1. The molecule has 1 amide bonds. The molecule has 6 nitrogen and oxygen atoms in total. The molecule has 1 saturated carbocycles. The lowest BCUT2D eigenvalue weighted by molar-refractivity contribution is -0.125. The fourth-order valence-electron chi connectivity index (χ4n) is 3.03. The van der Waals surface area contributed by atoms with Gasteiger partial charge in [0.1, 0.15) is 23.8 Å². The van der Waals surface area contributed by atoms with Crippen LogP contribution in [0.1, 0.15) is 42.5 Å². The fraction of sp³-hybridized carbons (Fsp3) is 0.400. The summed E-state index contributed by atoms with van der Waals surface area (Å²) >= 11 is 0. The van der Waals surface area contributed by atoms with E-state index < -0.39 is 0 Å². The number of carbonyl (C=O) groups is 1. The molecule has 1 fully saturated rings. The molecule has 6 heteroatoms. The van der Waals surface area contributed by atoms with Crippen LogP contribution < -0.4 is 10.1 Å². The van der Waals surface area contributed by atoms with Crippen molar-refractivity contribution >= 4 is 16.8 Å². The van der Waals surface area contributed by atoms with Crippen molar-refractivity contribution in [3.63, 3.8) is 0 Å². The molecule has 1 aromatic carbocycles. The van der Waals surface area contributed by atoms with E-state index in [1.54, 1.807) is 0 Å². The van der Waals surface area contributed by atoms with Crippen LogP contribution in [0.3, 0.4) is 0 Å². The van der Waals surface area contributed by atoms with E-state index in [0.717, 1.165) is 52.2 Å². The number of H-pyrrole nitrogens is 1. The van der Waals surface area contributed by atoms with Crippen molar-refractivity contribution < 1.29 is 14.1 Å². The highest BCUT2D eigenvalue weighted by atomic mass is 16.5. The van der Waals surface area contributed by atoms with E-state index >= 15 is 0 Å². The molecule has 26 heavy (non-hydrogen) atoms. The lowest BCUT2D eigenvalue weighted by Gasteiger charge is -2.08. The first-order valence-corrected chi connectivity index (χ1v) is 8.88. The van der Waals surface area contributed by atoms with Crippen molar-refractivity contribution in [2.24, 2.45) is 5.41 Å². The van der Waals surface area contributed by atoms with Crippen LogP contribution in [0.4, 0.5) is 0 Å². The predicted octanol–water partition coefficient (Wildman–Crippen LogP) is 3.77. The van der Waals surface area contributed by atoms with E-state index in [-0.39, 0.29) is 11.3 Å². The molecular weight excluding hydrogens is 330 g/mol. The molecule has 0 saturated heterocycles. The second kappa shape index (κ2) is 6.20. The Morgan fingerprint density at radius 2 is 2.12 bits per heavy atom. The van der Waals surface area contributed by atoms with E-state index in [0.29, 0.717) is 13.2 Å².